The van der Waals surface area contributed by atoms with E-state index >= 15 is 0 Å². The van der Waals surface area contributed by atoms with E-state index in [4.69, 9.17) is 15.2 Å². The molecule has 0 radical (unpaired) electrons. The van der Waals surface area contributed by atoms with Gasteiger partial charge in [-0.2, -0.15) is 0 Å². The second-order valence-corrected chi connectivity index (χ2v) is 4.46. The van der Waals surface area contributed by atoms with Crippen molar-refractivity contribution in [3.63, 3.8) is 0 Å². The van der Waals surface area contributed by atoms with Gasteiger partial charge < -0.3 is 20.5 Å². The Labute approximate surface area is 119 Å². The van der Waals surface area contributed by atoms with Crippen LogP contribution in [0.25, 0.3) is 0 Å². The third-order valence-electron chi connectivity index (χ3n) is 2.93. The van der Waals surface area contributed by atoms with E-state index in [9.17, 15) is 9.59 Å². The summed E-state index contributed by atoms with van der Waals surface area (Å²) < 4.78 is 10.3. The van der Waals surface area contributed by atoms with Crippen LogP contribution in [0.3, 0.4) is 0 Å². The maximum absolute atomic E-state index is 11.8. The largest absolute Gasteiger partial charge is 0.466 e. The van der Waals surface area contributed by atoms with Gasteiger partial charge in [0.25, 0.3) is 0 Å². The van der Waals surface area contributed by atoms with Crippen LogP contribution in [0, 0.1) is 5.92 Å². The summed E-state index contributed by atoms with van der Waals surface area (Å²) in [7, 11) is 0. The van der Waals surface area contributed by atoms with Crippen LogP contribution in [0.15, 0.2) is 0 Å². The smallest absolute Gasteiger partial charge is 0.310 e. The van der Waals surface area contributed by atoms with Gasteiger partial charge >= 0.3 is 5.97 Å². The Balaban J connectivity index is 0.00000324. The van der Waals surface area contributed by atoms with Gasteiger partial charge in [-0.3, -0.25) is 9.59 Å². The maximum atomic E-state index is 11.8. The molecule has 0 aromatic heterocycles. The molecular weight excluding hydrogens is 272 g/mol. The number of halogens is 1. The van der Waals surface area contributed by atoms with E-state index in [1.165, 1.54) is 0 Å². The van der Waals surface area contributed by atoms with E-state index in [1.54, 1.807) is 13.8 Å². The van der Waals surface area contributed by atoms with Crippen LogP contribution in [0.4, 0.5) is 0 Å². The Hall–Kier alpha value is -0.850. The average molecular weight is 295 g/mol. The molecule has 19 heavy (non-hydrogen) atoms. The molecule has 1 rings (SSSR count). The van der Waals surface area contributed by atoms with E-state index in [0.29, 0.717) is 19.6 Å². The quantitative estimate of drug-likeness (QED) is 0.684. The number of rotatable bonds is 6. The van der Waals surface area contributed by atoms with Crippen LogP contribution in [0.2, 0.25) is 0 Å². The molecule has 1 unspecified atom stereocenters. The minimum Gasteiger partial charge on any atom is -0.466 e. The van der Waals surface area contributed by atoms with Gasteiger partial charge in [0.05, 0.1) is 18.6 Å². The fourth-order valence-corrected chi connectivity index (χ4v) is 1.81. The van der Waals surface area contributed by atoms with Crippen LogP contribution in [0.1, 0.15) is 26.7 Å². The number of ether oxygens (including phenoxy) is 2. The number of amides is 1. The van der Waals surface area contributed by atoms with E-state index in [1.807, 2.05) is 0 Å². The molecule has 7 heteroatoms. The maximum Gasteiger partial charge on any atom is 0.310 e. The molecule has 0 aromatic rings. The van der Waals surface area contributed by atoms with Crippen molar-refractivity contribution in [2.45, 2.75) is 38.9 Å². The molecule has 0 aliphatic carbocycles. The average Bonchev–Trinajstić information content (AvgIpc) is 2.84. The second kappa shape index (κ2) is 9.12. The van der Waals surface area contributed by atoms with E-state index in [0.717, 1.165) is 6.42 Å². The van der Waals surface area contributed by atoms with Crippen molar-refractivity contribution >= 4 is 24.3 Å². The lowest BCUT2D eigenvalue weighted by Crippen LogP contribution is -2.39. The van der Waals surface area contributed by atoms with Gasteiger partial charge in [0.15, 0.2) is 0 Å². The standard InChI is InChI=1S/C12H22N2O4.ClH/c1-3-17-12(16)8(2)7-14-11(15)10-5-4-9(6-13)18-10;/h8-10H,3-7,13H2,1-2H3,(H,14,15);1H/t8?,9-,10+;/m1./s1. The Morgan fingerprint density at radius 2 is 2.16 bits per heavy atom. The van der Waals surface area contributed by atoms with Gasteiger partial charge in [0.1, 0.15) is 6.10 Å². The number of carbonyl (C=O) groups excluding carboxylic acids is 2. The normalized spacial score (nSPS) is 23.3. The zero-order chi connectivity index (χ0) is 13.5. The highest BCUT2D eigenvalue weighted by Gasteiger charge is 2.30. The second-order valence-electron chi connectivity index (χ2n) is 4.46. The number of hydrogen-bond donors (Lipinski definition) is 2. The molecule has 112 valence electrons. The lowest BCUT2D eigenvalue weighted by atomic mass is 10.1. The first-order valence-electron chi connectivity index (χ1n) is 6.38. The monoisotopic (exact) mass is 294 g/mol. The zero-order valence-electron chi connectivity index (χ0n) is 11.4. The van der Waals surface area contributed by atoms with Crippen molar-refractivity contribution in [1.29, 1.82) is 0 Å². The summed E-state index contributed by atoms with van der Waals surface area (Å²) >= 11 is 0. The van der Waals surface area contributed by atoms with Crippen molar-refractivity contribution in [1.82, 2.24) is 5.32 Å². The summed E-state index contributed by atoms with van der Waals surface area (Å²) in [5.74, 6) is -0.826. The van der Waals surface area contributed by atoms with E-state index < -0.39 is 6.10 Å². The van der Waals surface area contributed by atoms with Crippen molar-refractivity contribution < 1.29 is 19.1 Å². The molecule has 1 fully saturated rings. The van der Waals surface area contributed by atoms with E-state index in [-0.39, 0.29) is 42.9 Å². The summed E-state index contributed by atoms with van der Waals surface area (Å²) in [4.78, 5) is 23.1. The highest BCUT2D eigenvalue weighted by molar-refractivity contribution is 5.85. The Bertz CT molecular complexity index is 301. The Kier molecular flexibility index (Phi) is 8.71. The van der Waals surface area contributed by atoms with Crippen molar-refractivity contribution in [2.75, 3.05) is 19.7 Å². The summed E-state index contributed by atoms with van der Waals surface area (Å²) in [6.45, 7) is 4.52. The molecule has 1 aliphatic heterocycles. The number of hydrogen-bond acceptors (Lipinski definition) is 5. The van der Waals surface area contributed by atoms with Crippen LogP contribution in [-0.2, 0) is 19.1 Å². The minimum absolute atomic E-state index is 0. The first-order valence-corrected chi connectivity index (χ1v) is 6.38. The van der Waals surface area contributed by atoms with Crippen molar-refractivity contribution in [3.8, 4) is 0 Å². The third-order valence-corrected chi connectivity index (χ3v) is 2.93. The number of nitrogens with two attached hydrogens (primary N) is 1. The van der Waals surface area contributed by atoms with Crippen LogP contribution in [0.5, 0.6) is 0 Å². The molecule has 1 saturated heterocycles. The molecule has 3 N–H and O–H groups in total. The fourth-order valence-electron chi connectivity index (χ4n) is 1.81. The fraction of sp³-hybridized carbons (Fsp3) is 0.833. The number of carbonyl (C=O) groups is 2. The molecule has 1 heterocycles. The third kappa shape index (κ3) is 5.76. The molecule has 0 spiro atoms. The summed E-state index contributed by atoms with van der Waals surface area (Å²) in [6, 6.07) is 0. The highest BCUT2D eigenvalue weighted by Crippen LogP contribution is 2.18. The molecule has 3 atom stereocenters. The zero-order valence-corrected chi connectivity index (χ0v) is 12.2. The first-order chi connectivity index (χ1) is 8.58. The van der Waals surface area contributed by atoms with Gasteiger partial charge in [-0.25, -0.2) is 0 Å². The number of nitrogens with one attached hydrogen (secondary N) is 1. The number of esters is 1. The molecule has 6 nitrogen and oxygen atoms in total. The van der Waals surface area contributed by atoms with Gasteiger partial charge in [-0.15, -0.1) is 12.4 Å². The Morgan fingerprint density at radius 1 is 1.47 bits per heavy atom. The van der Waals surface area contributed by atoms with Crippen molar-refractivity contribution in [3.05, 3.63) is 0 Å². The molecule has 0 saturated carbocycles. The van der Waals surface area contributed by atoms with Gasteiger partial charge in [-0.05, 0) is 19.8 Å². The van der Waals surface area contributed by atoms with E-state index in [2.05, 4.69) is 5.32 Å². The molecule has 0 aromatic carbocycles. The van der Waals surface area contributed by atoms with Crippen LogP contribution < -0.4 is 11.1 Å². The first kappa shape index (κ1) is 18.1. The van der Waals surface area contributed by atoms with Crippen molar-refractivity contribution in [2.24, 2.45) is 11.7 Å². The molecule has 0 bridgehead atoms. The SMILES string of the molecule is CCOC(=O)C(C)CNC(=O)[C@@H]1CC[C@H](CN)O1.Cl. The summed E-state index contributed by atoms with van der Waals surface area (Å²) in [6.07, 6.45) is 1.03. The molecular formula is C12H23ClN2O4. The summed E-state index contributed by atoms with van der Waals surface area (Å²) in [5, 5.41) is 2.70. The predicted octanol–water partition coefficient (Wildman–Crippen LogP) is 0.230. The molecule has 1 amide bonds. The van der Waals surface area contributed by atoms with Gasteiger partial charge in [0, 0.05) is 13.1 Å². The topological polar surface area (TPSA) is 90.7 Å². The lowest BCUT2D eigenvalue weighted by Gasteiger charge is -2.15. The predicted molar refractivity (Wildman–Crippen MR) is 73.0 cm³/mol. The summed E-state index contributed by atoms with van der Waals surface area (Å²) in [5.41, 5.74) is 5.47. The van der Waals surface area contributed by atoms with Crippen LogP contribution in [-0.4, -0.2) is 43.8 Å². The van der Waals surface area contributed by atoms with Crippen LogP contribution >= 0.6 is 12.4 Å². The Morgan fingerprint density at radius 3 is 2.68 bits per heavy atom. The lowest BCUT2D eigenvalue weighted by molar-refractivity contribution is -0.147. The minimum atomic E-state index is -0.437. The van der Waals surface area contributed by atoms with Gasteiger partial charge in [0.2, 0.25) is 5.91 Å². The highest BCUT2D eigenvalue weighted by atomic mass is 35.5. The van der Waals surface area contributed by atoms with Gasteiger partial charge in [-0.1, -0.05) is 6.92 Å². The molecule has 1 aliphatic rings.